The molecule has 0 aliphatic heterocycles. The Morgan fingerprint density at radius 1 is 1.06 bits per heavy atom. The molecular formula is C15H14ClNO. The number of aliphatic hydroxyl groups excluding tert-OH is 1. The Hall–Kier alpha value is -1.64. The first-order valence-electron chi connectivity index (χ1n) is 5.74. The Morgan fingerprint density at radius 3 is 2.39 bits per heavy atom. The number of nitrogens with zero attached hydrogens (tertiary/aromatic N) is 1. The molecule has 0 aromatic heterocycles. The van der Waals surface area contributed by atoms with E-state index in [1.54, 1.807) is 6.21 Å². The Morgan fingerprint density at radius 2 is 1.72 bits per heavy atom. The number of aliphatic imine (C=N–C) groups is 1. The second kappa shape index (κ2) is 6.34. The van der Waals surface area contributed by atoms with Crippen LogP contribution in [-0.2, 0) is 0 Å². The van der Waals surface area contributed by atoms with Crippen molar-refractivity contribution < 1.29 is 5.11 Å². The van der Waals surface area contributed by atoms with E-state index in [-0.39, 0.29) is 0 Å². The van der Waals surface area contributed by atoms with Crippen molar-refractivity contribution in [2.75, 3.05) is 6.54 Å². The highest BCUT2D eigenvalue weighted by Gasteiger charge is 2.04. The van der Waals surface area contributed by atoms with Crippen molar-refractivity contribution in [2.45, 2.75) is 6.10 Å². The molecule has 2 aromatic carbocycles. The third kappa shape index (κ3) is 3.69. The van der Waals surface area contributed by atoms with E-state index in [0.29, 0.717) is 11.6 Å². The van der Waals surface area contributed by atoms with Gasteiger partial charge in [-0.1, -0.05) is 54.1 Å². The molecule has 0 unspecified atom stereocenters. The van der Waals surface area contributed by atoms with Gasteiger partial charge in [0.2, 0.25) is 0 Å². The van der Waals surface area contributed by atoms with Crippen LogP contribution in [0.5, 0.6) is 0 Å². The molecule has 1 N–H and O–H groups in total. The summed E-state index contributed by atoms with van der Waals surface area (Å²) in [7, 11) is 0. The molecule has 0 heterocycles. The number of benzene rings is 2. The number of hydrogen-bond acceptors (Lipinski definition) is 2. The van der Waals surface area contributed by atoms with E-state index in [1.807, 2.05) is 54.6 Å². The van der Waals surface area contributed by atoms with Gasteiger partial charge < -0.3 is 5.11 Å². The first-order chi connectivity index (χ1) is 8.75. The predicted molar refractivity (Wildman–Crippen MR) is 75.3 cm³/mol. The van der Waals surface area contributed by atoms with E-state index >= 15 is 0 Å². The molecule has 2 nitrogen and oxygen atoms in total. The molecular weight excluding hydrogens is 246 g/mol. The average molecular weight is 260 g/mol. The zero-order chi connectivity index (χ0) is 12.8. The molecule has 0 bridgehead atoms. The Balaban J connectivity index is 1.93. The van der Waals surface area contributed by atoms with Crippen LogP contribution in [0.1, 0.15) is 17.2 Å². The van der Waals surface area contributed by atoms with Crippen molar-refractivity contribution in [3.8, 4) is 0 Å². The van der Waals surface area contributed by atoms with Crippen LogP contribution in [0, 0.1) is 0 Å². The molecule has 92 valence electrons. The van der Waals surface area contributed by atoms with Crippen LogP contribution >= 0.6 is 11.6 Å². The largest absolute Gasteiger partial charge is 0.386 e. The SMILES string of the molecule is O[C@H](CN=Cc1ccc(Cl)cc1)c1ccccc1. The molecule has 0 spiro atoms. The molecule has 0 aliphatic rings. The summed E-state index contributed by atoms with van der Waals surface area (Å²) in [5.74, 6) is 0. The van der Waals surface area contributed by atoms with Gasteiger partial charge in [-0.25, -0.2) is 0 Å². The molecule has 0 saturated carbocycles. The van der Waals surface area contributed by atoms with Gasteiger partial charge in [-0.15, -0.1) is 0 Å². The van der Waals surface area contributed by atoms with Crippen LogP contribution in [0.25, 0.3) is 0 Å². The van der Waals surface area contributed by atoms with E-state index < -0.39 is 6.10 Å². The summed E-state index contributed by atoms with van der Waals surface area (Å²) in [4.78, 5) is 4.23. The van der Waals surface area contributed by atoms with Gasteiger partial charge in [0.05, 0.1) is 12.6 Å². The van der Waals surface area contributed by atoms with Crippen LogP contribution in [0.4, 0.5) is 0 Å². The van der Waals surface area contributed by atoms with Gasteiger partial charge in [0.1, 0.15) is 0 Å². The number of hydrogen-bond donors (Lipinski definition) is 1. The lowest BCUT2D eigenvalue weighted by molar-refractivity contribution is 0.187. The van der Waals surface area contributed by atoms with Crippen LogP contribution in [0.3, 0.4) is 0 Å². The monoisotopic (exact) mass is 259 g/mol. The van der Waals surface area contributed by atoms with E-state index in [1.165, 1.54) is 0 Å². The van der Waals surface area contributed by atoms with Crippen molar-refractivity contribution in [3.05, 3.63) is 70.7 Å². The maximum atomic E-state index is 9.91. The fraction of sp³-hybridized carbons (Fsp3) is 0.133. The van der Waals surface area contributed by atoms with Crippen LogP contribution in [0.15, 0.2) is 59.6 Å². The van der Waals surface area contributed by atoms with Crippen molar-refractivity contribution in [1.82, 2.24) is 0 Å². The van der Waals surface area contributed by atoms with Crippen LogP contribution in [-0.4, -0.2) is 17.9 Å². The zero-order valence-electron chi connectivity index (χ0n) is 9.83. The first-order valence-corrected chi connectivity index (χ1v) is 6.12. The van der Waals surface area contributed by atoms with Crippen molar-refractivity contribution in [3.63, 3.8) is 0 Å². The maximum absolute atomic E-state index is 9.91. The molecule has 2 rings (SSSR count). The second-order valence-electron chi connectivity index (χ2n) is 3.97. The molecule has 2 aromatic rings. The minimum Gasteiger partial charge on any atom is -0.386 e. The van der Waals surface area contributed by atoms with Gasteiger partial charge in [0.15, 0.2) is 0 Å². The van der Waals surface area contributed by atoms with E-state index in [9.17, 15) is 5.11 Å². The topological polar surface area (TPSA) is 32.6 Å². The summed E-state index contributed by atoms with van der Waals surface area (Å²) in [5, 5.41) is 10.6. The molecule has 0 aliphatic carbocycles. The normalized spacial score (nSPS) is 12.8. The predicted octanol–water partition coefficient (Wildman–Crippen LogP) is 3.49. The molecule has 1 atom stereocenters. The van der Waals surface area contributed by atoms with Gasteiger partial charge in [0, 0.05) is 11.2 Å². The summed E-state index contributed by atoms with van der Waals surface area (Å²) >= 11 is 5.79. The second-order valence-corrected chi connectivity index (χ2v) is 4.41. The van der Waals surface area contributed by atoms with E-state index in [2.05, 4.69) is 4.99 Å². The summed E-state index contributed by atoms with van der Waals surface area (Å²) in [6, 6.07) is 16.9. The first kappa shape index (κ1) is 12.8. The number of halogens is 1. The highest BCUT2D eigenvalue weighted by atomic mass is 35.5. The summed E-state index contributed by atoms with van der Waals surface area (Å²) in [5.41, 5.74) is 1.85. The Bertz CT molecular complexity index is 508. The van der Waals surface area contributed by atoms with Gasteiger partial charge in [-0.3, -0.25) is 4.99 Å². The summed E-state index contributed by atoms with van der Waals surface area (Å²) in [6.07, 6.45) is 1.18. The van der Waals surface area contributed by atoms with Gasteiger partial charge in [-0.2, -0.15) is 0 Å². The van der Waals surface area contributed by atoms with Crippen LogP contribution in [0.2, 0.25) is 5.02 Å². The highest BCUT2D eigenvalue weighted by molar-refractivity contribution is 6.30. The van der Waals surface area contributed by atoms with Gasteiger partial charge >= 0.3 is 0 Å². The smallest absolute Gasteiger partial charge is 0.0985 e. The van der Waals surface area contributed by atoms with Crippen molar-refractivity contribution >= 4 is 17.8 Å². The van der Waals surface area contributed by atoms with E-state index in [4.69, 9.17) is 11.6 Å². The van der Waals surface area contributed by atoms with Crippen molar-refractivity contribution in [2.24, 2.45) is 4.99 Å². The zero-order valence-corrected chi connectivity index (χ0v) is 10.6. The summed E-state index contributed by atoms with van der Waals surface area (Å²) < 4.78 is 0. The van der Waals surface area contributed by atoms with Crippen LogP contribution < -0.4 is 0 Å². The lowest BCUT2D eigenvalue weighted by Gasteiger charge is -2.07. The lowest BCUT2D eigenvalue weighted by atomic mass is 10.1. The highest BCUT2D eigenvalue weighted by Crippen LogP contribution is 2.12. The quantitative estimate of drug-likeness (QED) is 0.838. The Kier molecular flexibility index (Phi) is 4.51. The molecule has 0 fully saturated rings. The molecule has 0 saturated heterocycles. The number of rotatable bonds is 4. The van der Waals surface area contributed by atoms with Gasteiger partial charge in [0.25, 0.3) is 0 Å². The minimum atomic E-state index is -0.560. The van der Waals surface area contributed by atoms with Gasteiger partial charge in [-0.05, 0) is 23.3 Å². The number of aliphatic hydroxyl groups is 1. The standard InChI is InChI=1S/C15H14ClNO/c16-14-8-6-12(7-9-14)10-17-11-15(18)13-4-2-1-3-5-13/h1-10,15,18H,11H2/t15-/m1/s1. The Labute approximate surface area is 112 Å². The molecule has 0 radical (unpaired) electrons. The fourth-order valence-corrected chi connectivity index (χ4v) is 1.71. The fourth-order valence-electron chi connectivity index (χ4n) is 1.59. The molecule has 18 heavy (non-hydrogen) atoms. The third-order valence-corrected chi connectivity index (χ3v) is 2.83. The summed E-state index contributed by atoms with van der Waals surface area (Å²) in [6.45, 7) is 0.354. The lowest BCUT2D eigenvalue weighted by Crippen LogP contribution is -2.01. The van der Waals surface area contributed by atoms with Crippen molar-refractivity contribution in [1.29, 1.82) is 0 Å². The molecule has 3 heteroatoms. The maximum Gasteiger partial charge on any atom is 0.0985 e. The average Bonchev–Trinajstić information content (AvgIpc) is 2.42. The molecule has 0 amide bonds. The third-order valence-electron chi connectivity index (χ3n) is 2.57. The van der Waals surface area contributed by atoms with E-state index in [0.717, 1.165) is 11.1 Å². The minimum absolute atomic E-state index is 0.354.